The van der Waals surface area contributed by atoms with E-state index in [1.807, 2.05) is 42.5 Å². The van der Waals surface area contributed by atoms with Crippen molar-refractivity contribution in [3.05, 3.63) is 77.7 Å². The lowest BCUT2D eigenvalue weighted by molar-refractivity contribution is -0.125. The van der Waals surface area contributed by atoms with Crippen LogP contribution >= 0.6 is 0 Å². The number of anilines is 1. The minimum Gasteiger partial charge on any atom is -0.292 e. The topological polar surface area (TPSA) is 87.0 Å². The number of ketones is 1. The van der Waals surface area contributed by atoms with Gasteiger partial charge in [0.15, 0.2) is 5.78 Å². The molecular weight excluding hydrogens is 352 g/mol. The van der Waals surface area contributed by atoms with E-state index in [9.17, 15) is 14.9 Å². The van der Waals surface area contributed by atoms with Crippen LogP contribution in [0.3, 0.4) is 0 Å². The van der Waals surface area contributed by atoms with E-state index >= 15 is 0 Å². The third-order valence-electron chi connectivity index (χ3n) is 5.47. The summed E-state index contributed by atoms with van der Waals surface area (Å²) in [5, 5.41) is 9.61. The monoisotopic (exact) mass is 370 g/mol. The molecule has 6 heteroatoms. The number of rotatable bonds is 2. The van der Waals surface area contributed by atoms with Crippen molar-refractivity contribution in [3.8, 4) is 6.07 Å². The van der Waals surface area contributed by atoms with Crippen LogP contribution in [0.25, 0.3) is 0 Å². The van der Waals surface area contributed by atoms with E-state index in [2.05, 4.69) is 9.97 Å². The Hall–Kier alpha value is -3.59. The Bertz CT molecular complexity index is 1060. The van der Waals surface area contributed by atoms with Crippen molar-refractivity contribution in [2.24, 2.45) is 5.41 Å². The lowest BCUT2D eigenvalue weighted by Gasteiger charge is -2.47. The predicted octanol–water partition coefficient (Wildman–Crippen LogP) is 2.75. The lowest BCUT2D eigenvalue weighted by atomic mass is 9.56. The van der Waals surface area contributed by atoms with Crippen molar-refractivity contribution >= 4 is 17.6 Å². The summed E-state index contributed by atoms with van der Waals surface area (Å²) in [7, 11) is 0. The van der Waals surface area contributed by atoms with Crippen LogP contribution in [0.1, 0.15) is 19.4 Å². The van der Waals surface area contributed by atoms with E-state index in [4.69, 9.17) is 0 Å². The van der Waals surface area contributed by atoms with Gasteiger partial charge in [-0.3, -0.25) is 14.5 Å². The summed E-state index contributed by atoms with van der Waals surface area (Å²) in [6.07, 6.45) is 6.57. The molecule has 2 heterocycles. The highest BCUT2D eigenvalue weighted by Crippen LogP contribution is 2.51. The largest absolute Gasteiger partial charge is 0.292 e. The maximum Gasteiger partial charge on any atom is 0.248 e. The van der Waals surface area contributed by atoms with Crippen LogP contribution in [-0.4, -0.2) is 28.2 Å². The fourth-order valence-electron chi connectivity index (χ4n) is 4.13. The average Bonchev–Trinajstić information content (AvgIpc) is 2.73. The normalized spacial score (nSPS) is 23.4. The number of nitrogens with zero attached hydrogens (tertiary/aromatic N) is 4. The van der Waals surface area contributed by atoms with Gasteiger partial charge in [-0.05, 0) is 37.1 Å². The van der Waals surface area contributed by atoms with Gasteiger partial charge in [0, 0.05) is 18.9 Å². The van der Waals surface area contributed by atoms with Crippen molar-refractivity contribution in [1.29, 1.82) is 5.26 Å². The first kappa shape index (κ1) is 17.8. The molecule has 2 aliphatic rings. The highest BCUT2D eigenvalue weighted by Gasteiger charge is 2.57. The maximum absolute atomic E-state index is 13.9. The Morgan fingerprint density at radius 2 is 1.75 bits per heavy atom. The SMILES string of the molecule is CC1(C)C(=O)C(C#N)=C[C@@]2(c3ccccc3)C(=O)N(c3ncccn3)CC=C12. The van der Waals surface area contributed by atoms with E-state index in [0.717, 1.165) is 0 Å². The van der Waals surface area contributed by atoms with Gasteiger partial charge in [0.1, 0.15) is 11.5 Å². The number of benzene rings is 1. The number of carbonyl (C=O) groups is 2. The van der Waals surface area contributed by atoms with Gasteiger partial charge in [-0.2, -0.15) is 5.26 Å². The molecule has 28 heavy (non-hydrogen) atoms. The summed E-state index contributed by atoms with van der Waals surface area (Å²) < 4.78 is 0. The number of aromatic nitrogens is 2. The average molecular weight is 370 g/mol. The molecule has 6 nitrogen and oxygen atoms in total. The standard InChI is InChI=1S/C22H18N4O2/c1-21(2)17-9-12-26(20-24-10-6-11-25-20)19(28)22(17,13-15(14-23)18(21)27)16-7-4-3-5-8-16/h3-11,13H,12H2,1-2H3/t22-/m0/s1. The number of hydrogen-bond donors (Lipinski definition) is 0. The molecule has 1 aliphatic heterocycles. The summed E-state index contributed by atoms with van der Waals surface area (Å²) in [5.41, 5.74) is -0.835. The minimum absolute atomic E-state index is 0.00446. The van der Waals surface area contributed by atoms with E-state index in [1.165, 1.54) is 11.0 Å². The van der Waals surface area contributed by atoms with Crippen LogP contribution in [0.15, 0.2) is 72.1 Å². The van der Waals surface area contributed by atoms with Gasteiger partial charge in [0.25, 0.3) is 0 Å². The summed E-state index contributed by atoms with van der Waals surface area (Å²) in [4.78, 5) is 36.7. The zero-order chi connectivity index (χ0) is 19.9. The van der Waals surface area contributed by atoms with Crippen molar-refractivity contribution in [3.63, 3.8) is 0 Å². The molecule has 1 amide bonds. The van der Waals surface area contributed by atoms with E-state index in [1.54, 1.807) is 32.3 Å². The van der Waals surface area contributed by atoms with Gasteiger partial charge < -0.3 is 0 Å². The van der Waals surface area contributed by atoms with Gasteiger partial charge in [-0.25, -0.2) is 9.97 Å². The number of Topliss-reactive ketones (excluding diaryl/α,β-unsaturated/α-hetero) is 1. The van der Waals surface area contributed by atoms with Crippen LogP contribution in [0.2, 0.25) is 0 Å². The van der Waals surface area contributed by atoms with Crippen LogP contribution in [0.4, 0.5) is 5.95 Å². The van der Waals surface area contributed by atoms with E-state index < -0.39 is 10.8 Å². The van der Waals surface area contributed by atoms with Gasteiger partial charge in [0.2, 0.25) is 11.9 Å². The zero-order valence-electron chi connectivity index (χ0n) is 15.6. The summed E-state index contributed by atoms with van der Waals surface area (Å²) in [6.45, 7) is 3.80. The third-order valence-corrected chi connectivity index (χ3v) is 5.47. The first-order valence-corrected chi connectivity index (χ1v) is 8.96. The van der Waals surface area contributed by atoms with Crippen LogP contribution in [0, 0.1) is 16.7 Å². The molecule has 0 saturated heterocycles. The maximum atomic E-state index is 13.9. The molecule has 4 rings (SSSR count). The first-order valence-electron chi connectivity index (χ1n) is 8.96. The van der Waals surface area contributed by atoms with Crippen LogP contribution < -0.4 is 4.90 Å². The molecule has 1 aromatic carbocycles. The fraction of sp³-hybridized carbons (Fsp3) is 0.227. The van der Waals surface area contributed by atoms with Crippen molar-refractivity contribution in [1.82, 2.24) is 9.97 Å². The fourth-order valence-corrected chi connectivity index (χ4v) is 4.13. The van der Waals surface area contributed by atoms with Crippen LogP contribution in [-0.2, 0) is 15.0 Å². The summed E-state index contributed by atoms with van der Waals surface area (Å²) in [6, 6.07) is 12.9. The molecule has 0 spiro atoms. The van der Waals surface area contributed by atoms with E-state index in [0.29, 0.717) is 17.1 Å². The number of nitriles is 1. The highest BCUT2D eigenvalue weighted by molar-refractivity contribution is 6.14. The first-order chi connectivity index (χ1) is 13.4. The van der Waals surface area contributed by atoms with Crippen molar-refractivity contribution in [2.45, 2.75) is 19.3 Å². The molecule has 1 atom stereocenters. The van der Waals surface area contributed by atoms with Gasteiger partial charge in [-0.15, -0.1) is 0 Å². The highest BCUT2D eigenvalue weighted by atomic mass is 16.2. The molecule has 138 valence electrons. The second kappa shape index (κ2) is 6.24. The molecule has 0 bridgehead atoms. The number of carbonyl (C=O) groups excluding carboxylic acids is 2. The number of allylic oxidation sites excluding steroid dienone is 1. The second-order valence-corrected chi connectivity index (χ2v) is 7.38. The Morgan fingerprint density at radius 1 is 1.07 bits per heavy atom. The molecule has 0 saturated carbocycles. The molecule has 0 fully saturated rings. The quantitative estimate of drug-likeness (QED) is 0.759. The molecule has 0 radical (unpaired) electrons. The minimum atomic E-state index is -1.25. The number of amides is 1. The molecule has 0 unspecified atom stereocenters. The summed E-state index contributed by atoms with van der Waals surface area (Å²) in [5.74, 6) is -0.250. The molecule has 0 N–H and O–H groups in total. The Morgan fingerprint density at radius 3 is 2.39 bits per heavy atom. The molecular formula is C22H18N4O2. The summed E-state index contributed by atoms with van der Waals surface area (Å²) >= 11 is 0. The number of fused-ring (bicyclic) bond motifs is 1. The zero-order valence-corrected chi connectivity index (χ0v) is 15.6. The van der Waals surface area contributed by atoms with Gasteiger partial charge in [0.05, 0.1) is 11.0 Å². The Labute approximate surface area is 162 Å². The van der Waals surface area contributed by atoms with Crippen LogP contribution in [0.5, 0.6) is 0 Å². The second-order valence-electron chi connectivity index (χ2n) is 7.38. The smallest absolute Gasteiger partial charge is 0.248 e. The number of hydrogen-bond acceptors (Lipinski definition) is 5. The van der Waals surface area contributed by atoms with Crippen molar-refractivity contribution < 1.29 is 9.59 Å². The van der Waals surface area contributed by atoms with Gasteiger partial charge in [-0.1, -0.05) is 36.4 Å². The third kappa shape index (κ3) is 2.33. The van der Waals surface area contributed by atoms with E-state index in [-0.39, 0.29) is 23.8 Å². The molecule has 2 aromatic rings. The lowest BCUT2D eigenvalue weighted by Crippen LogP contribution is -2.57. The molecule has 1 aromatic heterocycles. The Balaban J connectivity index is 2.03. The van der Waals surface area contributed by atoms with Gasteiger partial charge >= 0.3 is 0 Å². The van der Waals surface area contributed by atoms with Crippen molar-refractivity contribution in [2.75, 3.05) is 11.4 Å². The Kier molecular flexibility index (Phi) is 3.97. The predicted molar refractivity (Wildman–Crippen MR) is 103 cm³/mol. The molecule has 1 aliphatic carbocycles.